The molecular weight excluding hydrogens is 416 g/mol. The zero-order chi connectivity index (χ0) is 23.5. The van der Waals surface area contributed by atoms with Gasteiger partial charge in [0.25, 0.3) is 0 Å². The van der Waals surface area contributed by atoms with Crippen molar-refractivity contribution in [2.45, 2.75) is 95.9 Å². The van der Waals surface area contributed by atoms with Gasteiger partial charge < -0.3 is 10.2 Å². The van der Waals surface area contributed by atoms with Crippen molar-refractivity contribution in [3.05, 3.63) is 70.7 Å². The number of allylic oxidation sites excluding steroid dienone is 2. The molecule has 0 aliphatic heterocycles. The Morgan fingerprint density at radius 2 is 0.645 bits per heavy atom. The second-order valence-electron chi connectivity index (χ2n) is 9.56. The van der Waals surface area contributed by atoms with Crippen molar-refractivity contribution in [3.8, 4) is 0 Å². The first kappa shape index (κ1) is 31.1. The molecule has 3 rings (SSSR count). The van der Waals surface area contributed by atoms with Gasteiger partial charge in [-0.15, -0.1) is 0 Å². The minimum Gasteiger partial charge on any atom is -0.509 e. The van der Waals surface area contributed by atoms with Gasteiger partial charge >= 0.3 is 21.7 Å². The average molecular weight is 461 g/mol. The smallest absolute Gasteiger partial charge is 0.509 e. The van der Waals surface area contributed by atoms with E-state index in [4.69, 9.17) is 10.2 Å². The van der Waals surface area contributed by atoms with Gasteiger partial charge in [0.15, 0.2) is 0 Å². The van der Waals surface area contributed by atoms with Crippen LogP contribution in [0.2, 0.25) is 0 Å². The second-order valence-corrected chi connectivity index (χ2v) is 9.56. The Hall–Kier alpha value is 0.0543. The summed E-state index contributed by atoms with van der Waals surface area (Å²) in [4.78, 5) is 0. The molecule has 0 amide bonds. The van der Waals surface area contributed by atoms with E-state index in [0.717, 1.165) is 0 Å². The Kier molecular flexibility index (Phi) is 13.1. The van der Waals surface area contributed by atoms with Gasteiger partial charge in [0.2, 0.25) is 0 Å². The van der Waals surface area contributed by atoms with Crippen molar-refractivity contribution in [2.75, 3.05) is 0 Å². The van der Waals surface area contributed by atoms with Crippen molar-refractivity contribution in [3.63, 3.8) is 0 Å². The molecule has 170 valence electrons. The predicted octanol–water partition coefficient (Wildman–Crippen LogP) is 8.32. The molecule has 2 fully saturated rings. The third-order valence-corrected chi connectivity index (χ3v) is 7.81. The van der Waals surface area contributed by atoms with Gasteiger partial charge in [-0.25, -0.2) is 0 Å². The van der Waals surface area contributed by atoms with E-state index in [1.54, 1.807) is 0 Å². The van der Waals surface area contributed by atoms with Crippen LogP contribution < -0.4 is 0 Å². The maximum absolute atomic E-state index is 9.05. The molecule has 0 spiro atoms. The molecule has 0 atom stereocenters. The summed E-state index contributed by atoms with van der Waals surface area (Å²) in [7, 11) is 0. The number of hydrogen-bond donors (Lipinski definition) is 2. The van der Waals surface area contributed by atoms with Crippen molar-refractivity contribution in [1.29, 1.82) is 0 Å². The van der Waals surface area contributed by atoms with Gasteiger partial charge in [-0.1, -0.05) is 83.1 Å². The molecule has 0 saturated heterocycles. The molecule has 3 aliphatic rings. The number of hydrogen-bond acceptors (Lipinski definition) is 2. The summed E-state index contributed by atoms with van der Waals surface area (Å²) in [5.41, 5.74) is 0. The summed E-state index contributed by atoms with van der Waals surface area (Å²) >= 11 is 0. The summed E-state index contributed by atoms with van der Waals surface area (Å²) < 4.78 is 0. The van der Waals surface area contributed by atoms with Gasteiger partial charge in [0, 0.05) is 12.8 Å². The fourth-order valence-corrected chi connectivity index (χ4v) is 4.09. The summed E-state index contributed by atoms with van der Waals surface area (Å²) in [6, 6.07) is 0. The zero-order valence-electron chi connectivity index (χ0n) is 22.0. The third kappa shape index (κ3) is 7.53. The largest absolute Gasteiger partial charge is 2.00 e. The van der Waals surface area contributed by atoms with Crippen LogP contribution in [0, 0.1) is 71.0 Å². The molecule has 0 unspecified atom stereocenters. The van der Waals surface area contributed by atoms with Gasteiger partial charge in [0.1, 0.15) is 11.5 Å². The van der Waals surface area contributed by atoms with Crippen LogP contribution in [0.1, 0.15) is 95.9 Å². The first-order valence-electron chi connectivity index (χ1n) is 11.2. The maximum atomic E-state index is 9.05. The van der Waals surface area contributed by atoms with E-state index in [0.29, 0.717) is 24.7 Å². The molecular formula is C28H44O2Ti+2. The predicted molar refractivity (Wildman–Crippen MR) is 129 cm³/mol. The molecule has 10 radical (unpaired) electrons. The molecule has 2 nitrogen and oxygen atoms in total. The topological polar surface area (TPSA) is 40.5 Å². The molecule has 3 heteroatoms. The fourth-order valence-electron chi connectivity index (χ4n) is 4.09. The van der Waals surface area contributed by atoms with Crippen LogP contribution >= 0.6 is 0 Å². The van der Waals surface area contributed by atoms with Crippen molar-refractivity contribution >= 4 is 0 Å². The summed E-state index contributed by atoms with van der Waals surface area (Å²) in [5, 5.41) is 18.1. The summed E-state index contributed by atoms with van der Waals surface area (Å²) in [6.45, 7) is 26.2. The molecule has 2 saturated carbocycles. The number of aliphatic hydroxyl groups is 2. The standard InChI is InChI=1S/2C10H15.C8H14O2.Ti/c2*1-6-7(2)9(4)10(5)8(6)3;1-5(2)6-3-7(9)8(10)4-6;/h2*1-5H3;5-6,9-10H,3-4H2,1-2H3;/q;;;+2. The molecule has 31 heavy (non-hydrogen) atoms. The van der Waals surface area contributed by atoms with E-state index in [1.165, 1.54) is 59.2 Å². The van der Waals surface area contributed by atoms with Crippen molar-refractivity contribution < 1.29 is 31.9 Å². The Morgan fingerprint density at radius 1 is 0.484 bits per heavy atom. The molecule has 0 aromatic rings. The van der Waals surface area contributed by atoms with Crippen LogP contribution in [0.5, 0.6) is 0 Å². The molecule has 0 heterocycles. The van der Waals surface area contributed by atoms with E-state index < -0.39 is 0 Å². The van der Waals surface area contributed by atoms with Crippen LogP contribution in [-0.4, -0.2) is 10.2 Å². The fraction of sp³-hybridized carbons (Fsp3) is 0.571. The van der Waals surface area contributed by atoms with Crippen LogP contribution in [0.25, 0.3) is 0 Å². The molecule has 2 N–H and O–H groups in total. The van der Waals surface area contributed by atoms with Crippen molar-refractivity contribution in [2.24, 2.45) is 11.8 Å². The molecule has 0 aromatic heterocycles. The average Bonchev–Trinajstić information content (AvgIpc) is 3.19. The van der Waals surface area contributed by atoms with Crippen LogP contribution in [0.4, 0.5) is 0 Å². The normalized spacial score (nSPS) is 25.2. The Morgan fingerprint density at radius 3 is 0.742 bits per heavy atom. The Bertz CT molecular complexity index is 424. The summed E-state index contributed by atoms with van der Waals surface area (Å²) in [6.07, 6.45) is 1.31. The molecule has 0 bridgehead atoms. The molecule has 0 aromatic carbocycles. The SMILES string of the molecule is CC(C)C1CC(O)=C(O)C1.C[C]1[C](C)[C](C)[C](C)[C]1C.C[C]1[C](C)[C](C)[C](C)[C]1C.[Ti+2]. The first-order chi connectivity index (χ1) is 13.7. The minimum absolute atomic E-state index is 0. The van der Waals surface area contributed by atoms with E-state index in [1.807, 2.05) is 0 Å². The number of rotatable bonds is 1. The molecule has 3 aliphatic carbocycles. The third-order valence-electron chi connectivity index (χ3n) is 7.81. The Labute approximate surface area is 209 Å². The minimum atomic E-state index is 0. The first-order valence-corrected chi connectivity index (χ1v) is 11.2. The Balaban J connectivity index is 0.000000429. The van der Waals surface area contributed by atoms with E-state index in [9.17, 15) is 0 Å². The van der Waals surface area contributed by atoms with Gasteiger partial charge in [-0.2, -0.15) is 0 Å². The maximum Gasteiger partial charge on any atom is 2.00 e. The van der Waals surface area contributed by atoms with Crippen molar-refractivity contribution in [1.82, 2.24) is 0 Å². The van der Waals surface area contributed by atoms with Crippen LogP contribution in [-0.2, 0) is 21.7 Å². The second kappa shape index (κ2) is 13.1. The quantitative estimate of drug-likeness (QED) is 0.386. The van der Waals surface area contributed by atoms with Gasteiger partial charge in [-0.3, -0.25) is 0 Å². The van der Waals surface area contributed by atoms with Gasteiger partial charge in [0.05, 0.1) is 0 Å². The van der Waals surface area contributed by atoms with E-state index in [2.05, 4.69) is 83.1 Å². The number of aliphatic hydroxyl groups excluding tert-OH is 2. The van der Waals surface area contributed by atoms with Crippen LogP contribution in [0.3, 0.4) is 0 Å². The van der Waals surface area contributed by atoms with E-state index in [-0.39, 0.29) is 33.2 Å². The monoisotopic (exact) mass is 460 g/mol. The van der Waals surface area contributed by atoms with E-state index >= 15 is 0 Å². The van der Waals surface area contributed by atoms with Crippen LogP contribution in [0.15, 0.2) is 11.5 Å². The summed E-state index contributed by atoms with van der Waals surface area (Å²) in [5.74, 6) is 16.1. The zero-order valence-corrected chi connectivity index (χ0v) is 23.5. The van der Waals surface area contributed by atoms with Gasteiger partial charge in [-0.05, 0) is 71.0 Å².